The van der Waals surface area contributed by atoms with Gasteiger partial charge in [-0.25, -0.2) is 0 Å². The van der Waals surface area contributed by atoms with E-state index in [4.69, 9.17) is 4.74 Å². The molecule has 1 aliphatic heterocycles. The second-order valence-corrected chi connectivity index (χ2v) is 7.23. The zero-order valence-corrected chi connectivity index (χ0v) is 17.1. The van der Waals surface area contributed by atoms with E-state index in [1.54, 1.807) is 0 Å². The molecule has 0 spiro atoms. The van der Waals surface area contributed by atoms with Crippen LogP contribution in [0.5, 0.6) is 5.75 Å². The zero-order chi connectivity index (χ0) is 16.0. The predicted octanol–water partition coefficient (Wildman–Crippen LogP) is 4.84. The van der Waals surface area contributed by atoms with Crippen molar-refractivity contribution in [3.05, 3.63) is 29.8 Å². The Labute approximate surface area is 160 Å². The van der Waals surface area contributed by atoms with Crippen molar-refractivity contribution in [3.8, 4) is 5.75 Å². The number of hydrogen-bond donors (Lipinski definition) is 1. The highest BCUT2D eigenvalue weighted by molar-refractivity contribution is 5.85. The summed E-state index contributed by atoms with van der Waals surface area (Å²) in [5.74, 6) is 0.964. The zero-order valence-electron chi connectivity index (χ0n) is 15.5. The third-order valence-corrected chi connectivity index (χ3v) is 4.11. The van der Waals surface area contributed by atoms with E-state index in [2.05, 4.69) is 62.2 Å². The third kappa shape index (κ3) is 7.60. The number of ether oxygens (including phenoxy) is 1. The highest BCUT2D eigenvalue weighted by atomic mass is 35.5. The van der Waals surface area contributed by atoms with Crippen LogP contribution in [0, 0.1) is 0 Å². The topological polar surface area (TPSA) is 24.5 Å². The van der Waals surface area contributed by atoms with Crippen molar-refractivity contribution in [2.45, 2.75) is 58.6 Å². The first-order chi connectivity index (χ1) is 10.5. The van der Waals surface area contributed by atoms with Crippen LogP contribution in [0.2, 0.25) is 0 Å². The van der Waals surface area contributed by atoms with E-state index in [0.29, 0.717) is 6.04 Å². The minimum atomic E-state index is -0.137. The molecule has 1 heterocycles. The lowest BCUT2D eigenvalue weighted by molar-refractivity contribution is 0.130. The minimum absolute atomic E-state index is 0. The Morgan fingerprint density at radius 2 is 1.67 bits per heavy atom. The van der Waals surface area contributed by atoms with Gasteiger partial charge in [0.05, 0.1) is 0 Å². The molecule has 0 amide bonds. The molecule has 1 aliphatic rings. The maximum absolute atomic E-state index is 5.94. The molecule has 1 atom stereocenters. The first-order valence-corrected chi connectivity index (χ1v) is 8.73. The first-order valence-electron chi connectivity index (χ1n) is 8.73. The van der Waals surface area contributed by atoms with Crippen molar-refractivity contribution in [1.29, 1.82) is 0 Å². The SMILES string of the molecule is CCCC[C@H](c1ccc(OC(C)(C)C)cc1)N1CCNCC1.Cl.Cl. The number of rotatable bonds is 6. The van der Waals surface area contributed by atoms with Crippen LogP contribution >= 0.6 is 24.8 Å². The molecule has 1 N–H and O–H groups in total. The van der Waals surface area contributed by atoms with E-state index in [1.165, 1.54) is 24.8 Å². The van der Waals surface area contributed by atoms with Gasteiger partial charge in [0.2, 0.25) is 0 Å². The van der Waals surface area contributed by atoms with E-state index in [9.17, 15) is 0 Å². The Kier molecular flexibility index (Phi) is 11.0. The van der Waals surface area contributed by atoms with Gasteiger partial charge in [0.25, 0.3) is 0 Å². The highest BCUT2D eigenvalue weighted by Gasteiger charge is 2.22. The average Bonchev–Trinajstić information content (AvgIpc) is 2.49. The van der Waals surface area contributed by atoms with Gasteiger partial charge in [-0.05, 0) is 44.9 Å². The molecule has 1 fully saturated rings. The maximum Gasteiger partial charge on any atom is 0.120 e. The van der Waals surface area contributed by atoms with Crippen molar-refractivity contribution in [3.63, 3.8) is 0 Å². The van der Waals surface area contributed by atoms with Crippen LogP contribution in [0.15, 0.2) is 24.3 Å². The summed E-state index contributed by atoms with van der Waals surface area (Å²) in [6, 6.07) is 9.31. The standard InChI is InChI=1S/C19H32N2O.2ClH/c1-5-6-7-18(21-14-12-20-13-15-21)16-8-10-17(11-9-16)22-19(2,3)4;;/h8-11,18,20H,5-7,12-15H2,1-4H3;2*1H/t18-;;/m1../s1. The molecule has 0 radical (unpaired) electrons. The number of unbranched alkanes of at least 4 members (excludes halogenated alkanes) is 1. The van der Waals surface area contributed by atoms with Crippen LogP contribution in [0.25, 0.3) is 0 Å². The Morgan fingerprint density at radius 3 is 2.17 bits per heavy atom. The van der Waals surface area contributed by atoms with E-state index in [0.717, 1.165) is 31.9 Å². The molecule has 5 heteroatoms. The van der Waals surface area contributed by atoms with E-state index in [1.807, 2.05) is 0 Å². The van der Waals surface area contributed by atoms with Crippen LogP contribution < -0.4 is 10.1 Å². The molecule has 0 aromatic heterocycles. The van der Waals surface area contributed by atoms with Crippen LogP contribution in [0.3, 0.4) is 0 Å². The summed E-state index contributed by atoms with van der Waals surface area (Å²) in [4.78, 5) is 2.63. The van der Waals surface area contributed by atoms with Gasteiger partial charge in [-0.2, -0.15) is 0 Å². The molecule has 140 valence electrons. The van der Waals surface area contributed by atoms with Crippen molar-refractivity contribution in [1.82, 2.24) is 10.2 Å². The van der Waals surface area contributed by atoms with Gasteiger partial charge in [-0.3, -0.25) is 4.90 Å². The monoisotopic (exact) mass is 376 g/mol. The smallest absolute Gasteiger partial charge is 0.120 e. The fourth-order valence-corrected chi connectivity index (χ4v) is 3.06. The van der Waals surface area contributed by atoms with Gasteiger partial charge < -0.3 is 10.1 Å². The fraction of sp³-hybridized carbons (Fsp3) is 0.684. The third-order valence-electron chi connectivity index (χ3n) is 4.11. The number of hydrogen-bond acceptors (Lipinski definition) is 3. The van der Waals surface area contributed by atoms with Gasteiger partial charge in [0.15, 0.2) is 0 Å². The van der Waals surface area contributed by atoms with Crippen molar-refractivity contribution in [2.75, 3.05) is 26.2 Å². The van der Waals surface area contributed by atoms with Gasteiger partial charge in [0, 0.05) is 32.2 Å². The molecular weight excluding hydrogens is 343 g/mol. The summed E-state index contributed by atoms with van der Waals surface area (Å²) in [5.41, 5.74) is 1.29. The summed E-state index contributed by atoms with van der Waals surface area (Å²) in [6.45, 7) is 13.0. The Bertz CT molecular complexity index is 440. The molecule has 0 saturated carbocycles. The van der Waals surface area contributed by atoms with Gasteiger partial charge in [-0.1, -0.05) is 31.9 Å². The number of nitrogens with zero attached hydrogens (tertiary/aromatic N) is 1. The minimum Gasteiger partial charge on any atom is -0.488 e. The van der Waals surface area contributed by atoms with Crippen molar-refractivity contribution < 1.29 is 4.74 Å². The second kappa shape index (κ2) is 11.2. The molecule has 1 aromatic carbocycles. The molecule has 2 rings (SSSR count). The predicted molar refractivity (Wildman–Crippen MR) is 108 cm³/mol. The summed E-state index contributed by atoms with van der Waals surface area (Å²) >= 11 is 0. The normalized spacial score (nSPS) is 16.7. The quantitative estimate of drug-likeness (QED) is 0.767. The number of nitrogens with one attached hydrogen (secondary N) is 1. The Balaban J connectivity index is 0.00000264. The fourth-order valence-electron chi connectivity index (χ4n) is 3.06. The summed E-state index contributed by atoms with van der Waals surface area (Å²) < 4.78 is 5.94. The maximum atomic E-state index is 5.94. The number of benzene rings is 1. The second-order valence-electron chi connectivity index (χ2n) is 7.23. The summed E-state index contributed by atoms with van der Waals surface area (Å²) in [5, 5.41) is 3.45. The molecule has 1 saturated heterocycles. The van der Waals surface area contributed by atoms with Crippen LogP contribution in [-0.2, 0) is 0 Å². The van der Waals surface area contributed by atoms with E-state index >= 15 is 0 Å². The van der Waals surface area contributed by atoms with Crippen LogP contribution in [0.1, 0.15) is 58.6 Å². The van der Waals surface area contributed by atoms with Gasteiger partial charge in [0.1, 0.15) is 11.4 Å². The molecule has 3 nitrogen and oxygen atoms in total. The largest absolute Gasteiger partial charge is 0.488 e. The van der Waals surface area contributed by atoms with Crippen LogP contribution in [0.4, 0.5) is 0 Å². The molecule has 0 unspecified atom stereocenters. The van der Waals surface area contributed by atoms with Crippen molar-refractivity contribution >= 4 is 24.8 Å². The first kappa shape index (κ1) is 23.5. The lowest BCUT2D eigenvalue weighted by atomic mass is 9.98. The number of halogens is 2. The van der Waals surface area contributed by atoms with E-state index in [-0.39, 0.29) is 30.4 Å². The molecule has 1 aromatic rings. The Hall–Kier alpha value is -0.480. The lowest BCUT2D eigenvalue weighted by Gasteiger charge is -2.35. The van der Waals surface area contributed by atoms with Gasteiger partial charge in [-0.15, -0.1) is 24.8 Å². The van der Waals surface area contributed by atoms with E-state index < -0.39 is 0 Å². The molecule has 0 bridgehead atoms. The van der Waals surface area contributed by atoms with Crippen LogP contribution in [-0.4, -0.2) is 36.7 Å². The molecular formula is C19H34Cl2N2O. The Morgan fingerprint density at radius 1 is 1.08 bits per heavy atom. The highest BCUT2D eigenvalue weighted by Crippen LogP contribution is 2.29. The summed E-state index contributed by atoms with van der Waals surface area (Å²) in [7, 11) is 0. The average molecular weight is 377 g/mol. The summed E-state index contributed by atoms with van der Waals surface area (Å²) in [6.07, 6.45) is 3.79. The number of piperazine rings is 1. The lowest BCUT2D eigenvalue weighted by Crippen LogP contribution is -2.45. The van der Waals surface area contributed by atoms with Gasteiger partial charge >= 0.3 is 0 Å². The molecule has 0 aliphatic carbocycles. The van der Waals surface area contributed by atoms with Crippen molar-refractivity contribution in [2.24, 2.45) is 0 Å². The molecule has 24 heavy (non-hydrogen) atoms.